The molecular formula is C23H22F2N2O2S. The molecule has 0 bridgehead atoms. The molecule has 0 radical (unpaired) electrons. The number of aromatic nitrogens is 2. The van der Waals surface area contributed by atoms with E-state index in [0.717, 1.165) is 11.3 Å². The Morgan fingerprint density at radius 3 is 2.47 bits per heavy atom. The van der Waals surface area contributed by atoms with Crippen LogP contribution in [0.15, 0.2) is 58.5 Å². The molecule has 2 aromatic carbocycles. The van der Waals surface area contributed by atoms with Gasteiger partial charge in [0, 0.05) is 22.8 Å². The Kier molecular flexibility index (Phi) is 7.05. The summed E-state index contributed by atoms with van der Waals surface area (Å²) in [6.07, 6.45) is 3.91. The molecule has 1 atom stereocenters. The number of aromatic amines is 1. The Hall–Kier alpha value is -2.93. The van der Waals surface area contributed by atoms with Crippen molar-refractivity contribution in [1.82, 2.24) is 9.97 Å². The Morgan fingerprint density at radius 1 is 1.17 bits per heavy atom. The van der Waals surface area contributed by atoms with Gasteiger partial charge in [0.1, 0.15) is 17.4 Å². The predicted molar refractivity (Wildman–Crippen MR) is 116 cm³/mol. The van der Waals surface area contributed by atoms with Crippen LogP contribution in [0.2, 0.25) is 0 Å². The van der Waals surface area contributed by atoms with Gasteiger partial charge in [-0.2, -0.15) is 0 Å². The highest BCUT2D eigenvalue weighted by atomic mass is 32.2. The van der Waals surface area contributed by atoms with E-state index in [4.69, 9.17) is 4.74 Å². The first-order valence-electron chi connectivity index (χ1n) is 9.38. The van der Waals surface area contributed by atoms with Gasteiger partial charge in [0.2, 0.25) is 0 Å². The summed E-state index contributed by atoms with van der Waals surface area (Å²) in [5, 5.41) is 0.406. The summed E-state index contributed by atoms with van der Waals surface area (Å²) in [6, 6.07) is 11.4. The number of benzene rings is 2. The van der Waals surface area contributed by atoms with Gasteiger partial charge in [-0.15, -0.1) is 0 Å². The molecular weight excluding hydrogens is 406 g/mol. The molecule has 4 nitrogen and oxygen atoms in total. The van der Waals surface area contributed by atoms with Gasteiger partial charge in [0.15, 0.2) is 5.16 Å². The predicted octanol–water partition coefficient (Wildman–Crippen LogP) is 5.32. The molecule has 1 aromatic heterocycles. The van der Waals surface area contributed by atoms with E-state index in [2.05, 4.69) is 9.97 Å². The summed E-state index contributed by atoms with van der Waals surface area (Å²) in [4.78, 5) is 19.6. The number of halogens is 2. The molecule has 0 fully saturated rings. The van der Waals surface area contributed by atoms with Gasteiger partial charge in [0.25, 0.3) is 5.56 Å². The second-order valence-electron chi connectivity index (χ2n) is 6.72. The third-order valence-corrected chi connectivity index (χ3v) is 5.58. The van der Waals surface area contributed by atoms with Crippen molar-refractivity contribution in [2.24, 2.45) is 0 Å². The number of rotatable bonds is 7. The maximum Gasteiger partial charge on any atom is 0.254 e. The lowest BCUT2D eigenvalue weighted by molar-refractivity contribution is 0.415. The summed E-state index contributed by atoms with van der Waals surface area (Å²) in [5.74, 6) is -0.639. The quantitative estimate of drug-likeness (QED) is 0.409. The Balaban J connectivity index is 1.77. The van der Waals surface area contributed by atoms with Crippen LogP contribution in [0.5, 0.6) is 5.75 Å². The molecule has 30 heavy (non-hydrogen) atoms. The van der Waals surface area contributed by atoms with Crippen molar-refractivity contribution in [3.05, 3.63) is 92.9 Å². The first-order chi connectivity index (χ1) is 14.4. The second-order valence-corrected chi connectivity index (χ2v) is 7.73. The average Bonchev–Trinajstić information content (AvgIpc) is 2.73. The first kappa shape index (κ1) is 21.8. The molecule has 3 aromatic rings. The fourth-order valence-electron chi connectivity index (χ4n) is 3.11. The zero-order valence-corrected chi connectivity index (χ0v) is 17.7. The van der Waals surface area contributed by atoms with Gasteiger partial charge in [0.05, 0.1) is 12.8 Å². The van der Waals surface area contributed by atoms with Crippen LogP contribution < -0.4 is 10.3 Å². The number of nitrogens with zero attached hydrogens (tertiary/aromatic N) is 1. The number of ether oxygens (including phenoxy) is 1. The molecule has 0 spiro atoms. The van der Waals surface area contributed by atoms with Crippen molar-refractivity contribution in [3.63, 3.8) is 0 Å². The Labute approximate surface area is 178 Å². The van der Waals surface area contributed by atoms with Crippen molar-refractivity contribution in [2.45, 2.75) is 24.9 Å². The van der Waals surface area contributed by atoms with Crippen LogP contribution in [-0.4, -0.2) is 22.8 Å². The lowest BCUT2D eigenvalue weighted by Crippen LogP contribution is -2.18. The molecule has 0 saturated carbocycles. The van der Waals surface area contributed by atoms with E-state index < -0.39 is 17.6 Å². The zero-order valence-electron chi connectivity index (χ0n) is 16.9. The Morgan fingerprint density at radius 2 is 1.83 bits per heavy atom. The van der Waals surface area contributed by atoms with Crippen LogP contribution in [0.1, 0.15) is 35.2 Å². The summed E-state index contributed by atoms with van der Waals surface area (Å²) in [7, 11) is 1.62. The number of nitrogens with one attached hydrogen (secondary N) is 1. The smallest absolute Gasteiger partial charge is 0.254 e. The van der Waals surface area contributed by atoms with Gasteiger partial charge in [-0.05, 0) is 36.8 Å². The first-order valence-corrected chi connectivity index (χ1v) is 10.4. The van der Waals surface area contributed by atoms with Crippen molar-refractivity contribution in [1.29, 1.82) is 0 Å². The molecule has 1 N–H and O–H groups in total. The van der Waals surface area contributed by atoms with Gasteiger partial charge in [-0.25, -0.2) is 13.8 Å². The standard InChI is InChI=1S/C23H22F2N2O2S/c1-14(20-18(24)7-4-8-19(20)25)21-15(2)22(28)27-23(26-21)30-13-5-6-16-9-11-17(29-3)12-10-16/h4-12,14H,13H2,1-3H3,(H,26,27,28)/b6-5+/t14-/m0/s1. The maximum atomic E-state index is 14.2. The van der Waals surface area contributed by atoms with E-state index in [1.807, 2.05) is 36.4 Å². The van der Waals surface area contributed by atoms with Gasteiger partial charge in [-0.1, -0.05) is 49.0 Å². The molecule has 0 amide bonds. The monoisotopic (exact) mass is 428 g/mol. The molecule has 3 rings (SSSR count). The minimum Gasteiger partial charge on any atom is -0.497 e. The highest BCUT2D eigenvalue weighted by Crippen LogP contribution is 2.29. The molecule has 0 aliphatic rings. The average molecular weight is 429 g/mol. The van der Waals surface area contributed by atoms with Gasteiger partial charge < -0.3 is 9.72 Å². The normalized spacial score (nSPS) is 12.3. The van der Waals surface area contributed by atoms with E-state index in [9.17, 15) is 13.6 Å². The summed E-state index contributed by atoms with van der Waals surface area (Å²) in [6.45, 7) is 3.25. The van der Waals surface area contributed by atoms with Gasteiger partial charge >= 0.3 is 0 Å². The number of hydrogen-bond acceptors (Lipinski definition) is 4. The fourth-order valence-corrected chi connectivity index (χ4v) is 3.78. The number of methoxy groups -OCH3 is 1. The highest BCUT2D eigenvalue weighted by Gasteiger charge is 2.22. The minimum absolute atomic E-state index is 0.0888. The number of hydrogen-bond donors (Lipinski definition) is 1. The fraction of sp³-hybridized carbons (Fsp3) is 0.217. The lowest BCUT2D eigenvalue weighted by atomic mass is 9.94. The molecule has 0 aliphatic carbocycles. The molecule has 7 heteroatoms. The van der Waals surface area contributed by atoms with Crippen molar-refractivity contribution >= 4 is 17.8 Å². The van der Waals surface area contributed by atoms with Crippen LogP contribution >= 0.6 is 11.8 Å². The number of H-pyrrole nitrogens is 1. The molecule has 1 heterocycles. The van der Waals surface area contributed by atoms with E-state index in [-0.39, 0.29) is 11.1 Å². The van der Waals surface area contributed by atoms with Crippen LogP contribution in [-0.2, 0) is 0 Å². The number of thioether (sulfide) groups is 1. The highest BCUT2D eigenvalue weighted by molar-refractivity contribution is 7.99. The third kappa shape index (κ3) is 4.97. The SMILES string of the molecule is COc1ccc(/C=C/CSc2nc([C@@H](C)c3c(F)cccc3F)c(C)c(=O)[nH]2)cc1. The molecule has 0 aliphatic heterocycles. The van der Waals surface area contributed by atoms with Crippen molar-refractivity contribution < 1.29 is 13.5 Å². The van der Waals surface area contributed by atoms with E-state index in [1.54, 1.807) is 21.0 Å². The maximum absolute atomic E-state index is 14.2. The topological polar surface area (TPSA) is 55.0 Å². The Bertz CT molecular complexity index is 1090. The van der Waals surface area contributed by atoms with E-state index in [0.29, 0.717) is 22.2 Å². The summed E-state index contributed by atoms with van der Waals surface area (Å²) < 4.78 is 33.5. The summed E-state index contributed by atoms with van der Waals surface area (Å²) >= 11 is 1.34. The molecule has 156 valence electrons. The van der Waals surface area contributed by atoms with E-state index in [1.165, 1.54) is 30.0 Å². The van der Waals surface area contributed by atoms with Crippen LogP contribution in [0.25, 0.3) is 6.08 Å². The largest absolute Gasteiger partial charge is 0.497 e. The van der Waals surface area contributed by atoms with Gasteiger partial charge in [-0.3, -0.25) is 4.79 Å². The lowest BCUT2D eigenvalue weighted by Gasteiger charge is -2.16. The second kappa shape index (κ2) is 9.71. The molecule has 0 saturated heterocycles. The zero-order chi connectivity index (χ0) is 21.7. The minimum atomic E-state index is -0.692. The van der Waals surface area contributed by atoms with Crippen molar-refractivity contribution in [2.75, 3.05) is 12.9 Å². The van der Waals surface area contributed by atoms with Crippen LogP contribution in [0.3, 0.4) is 0 Å². The molecule has 0 unspecified atom stereocenters. The van der Waals surface area contributed by atoms with Crippen LogP contribution in [0, 0.1) is 18.6 Å². The summed E-state index contributed by atoms with van der Waals surface area (Å²) in [5.41, 5.74) is 1.33. The third-order valence-electron chi connectivity index (χ3n) is 4.75. The van der Waals surface area contributed by atoms with E-state index >= 15 is 0 Å². The van der Waals surface area contributed by atoms with Crippen molar-refractivity contribution in [3.8, 4) is 5.75 Å². The van der Waals surface area contributed by atoms with Crippen LogP contribution in [0.4, 0.5) is 8.78 Å².